The van der Waals surface area contributed by atoms with E-state index in [4.69, 9.17) is 0 Å². The predicted octanol–water partition coefficient (Wildman–Crippen LogP) is 1.70. The molecule has 4 rings (SSSR count). The number of hydrogen-bond acceptors (Lipinski definition) is 5. The zero-order valence-electron chi connectivity index (χ0n) is 13.6. The second kappa shape index (κ2) is 5.61. The zero-order valence-corrected chi connectivity index (χ0v) is 13.6. The molecule has 0 aliphatic heterocycles. The first kappa shape index (κ1) is 14.6. The molecule has 0 saturated heterocycles. The number of imidazole rings is 1. The highest BCUT2D eigenvalue weighted by molar-refractivity contribution is 5.87. The standard InChI is InChI=1S/C17H18N6O/c1-22(2)10-9-18-14-8-7-12-15(21-14)23-13-6-4-3-5-11(13)19-16(23)17(24)20-12/h3-8H,9-10H2,1-2H3,(H,18,21)(H,20,24). The summed E-state index contributed by atoms with van der Waals surface area (Å²) in [6.07, 6.45) is 0. The quantitative estimate of drug-likeness (QED) is 0.598. The van der Waals surface area contributed by atoms with Crippen LogP contribution in [0.15, 0.2) is 41.2 Å². The number of para-hydroxylation sites is 2. The molecule has 24 heavy (non-hydrogen) atoms. The third-order valence-electron chi connectivity index (χ3n) is 3.96. The summed E-state index contributed by atoms with van der Waals surface area (Å²) in [7, 11) is 4.06. The Morgan fingerprint density at radius 3 is 2.79 bits per heavy atom. The van der Waals surface area contributed by atoms with Gasteiger partial charge in [0.15, 0.2) is 5.65 Å². The van der Waals surface area contributed by atoms with Crippen LogP contribution in [0.2, 0.25) is 0 Å². The second-order valence-corrected chi connectivity index (χ2v) is 6.01. The van der Waals surface area contributed by atoms with Crippen molar-refractivity contribution in [2.75, 3.05) is 32.5 Å². The van der Waals surface area contributed by atoms with E-state index in [2.05, 4.69) is 25.2 Å². The van der Waals surface area contributed by atoms with Gasteiger partial charge in [0.25, 0.3) is 5.56 Å². The van der Waals surface area contributed by atoms with Gasteiger partial charge < -0.3 is 15.2 Å². The van der Waals surface area contributed by atoms with Gasteiger partial charge >= 0.3 is 0 Å². The van der Waals surface area contributed by atoms with Crippen LogP contribution in [0.1, 0.15) is 0 Å². The summed E-state index contributed by atoms with van der Waals surface area (Å²) in [5, 5.41) is 3.31. The molecule has 7 heteroatoms. The Balaban J connectivity index is 1.92. The summed E-state index contributed by atoms with van der Waals surface area (Å²) in [6, 6.07) is 11.4. The largest absolute Gasteiger partial charge is 0.369 e. The molecular formula is C17H18N6O. The molecule has 0 fully saturated rings. The molecule has 0 aliphatic carbocycles. The number of likely N-dealkylation sites (N-methyl/N-ethyl adjacent to an activating group) is 1. The Hall–Kier alpha value is -2.93. The van der Waals surface area contributed by atoms with Gasteiger partial charge in [-0.25, -0.2) is 9.97 Å². The SMILES string of the molecule is CN(C)CCNc1ccc2[nH]c(=O)c3nc4ccccc4n3c2n1. The van der Waals surface area contributed by atoms with E-state index in [-0.39, 0.29) is 5.56 Å². The summed E-state index contributed by atoms with van der Waals surface area (Å²) in [6.45, 7) is 1.71. The van der Waals surface area contributed by atoms with Crippen molar-refractivity contribution in [1.29, 1.82) is 0 Å². The van der Waals surface area contributed by atoms with Crippen LogP contribution >= 0.6 is 0 Å². The molecule has 3 aromatic heterocycles. The van der Waals surface area contributed by atoms with Crippen molar-refractivity contribution in [3.8, 4) is 0 Å². The van der Waals surface area contributed by atoms with E-state index in [9.17, 15) is 4.79 Å². The number of H-pyrrole nitrogens is 1. The lowest BCUT2D eigenvalue weighted by atomic mass is 10.3. The van der Waals surface area contributed by atoms with Crippen LogP contribution in [0, 0.1) is 0 Å². The fourth-order valence-corrected chi connectivity index (χ4v) is 2.79. The first-order valence-electron chi connectivity index (χ1n) is 7.82. The lowest BCUT2D eigenvalue weighted by Gasteiger charge is -2.11. The molecule has 0 amide bonds. The minimum atomic E-state index is -0.214. The summed E-state index contributed by atoms with van der Waals surface area (Å²) >= 11 is 0. The van der Waals surface area contributed by atoms with Crippen molar-refractivity contribution in [3.05, 3.63) is 46.8 Å². The molecule has 0 saturated carbocycles. The van der Waals surface area contributed by atoms with Gasteiger partial charge in [-0.1, -0.05) is 12.1 Å². The topological polar surface area (TPSA) is 78.3 Å². The first-order valence-corrected chi connectivity index (χ1v) is 7.82. The fourth-order valence-electron chi connectivity index (χ4n) is 2.79. The molecule has 1 aromatic carbocycles. The van der Waals surface area contributed by atoms with Crippen molar-refractivity contribution in [2.45, 2.75) is 0 Å². The molecule has 122 valence electrons. The van der Waals surface area contributed by atoms with Crippen molar-refractivity contribution >= 4 is 33.7 Å². The third kappa shape index (κ3) is 2.39. The highest BCUT2D eigenvalue weighted by atomic mass is 16.1. The number of fused-ring (bicyclic) bond motifs is 5. The molecule has 0 atom stereocenters. The molecule has 4 aromatic rings. The number of nitrogens with one attached hydrogen (secondary N) is 2. The van der Waals surface area contributed by atoms with Gasteiger partial charge in [0.2, 0.25) is 5.65 Å². The van der Waals surface area contributed by atoms with E-state index in [0.29, 0.717) is 16.8 Å². The number of rotatable bonds is 4. The monoisotopic (exact) mass is 322 g/mol. The molecular weight excluding hydrogens is 304 g/mol. The van der Waals surface area contributed by atoms with E-state index in [1.807, 2.05) is 54.9 Å². The summed E-state index contributed by atoms with van der Waals surface area (Å²) in [5.74, 6) is 0.774. The minimum absolute atomic E-state index is 0.214. The molecule has 2 N–H and O–H groups in total. The minimum Gasteiger partial charge on any atom is -0.369 e. The molecule has 0 radical (unpaired) electrons. The van der Waals surface area contributed by atoms with E-state index in [0.717, 1.165) is 29.9 Å². The number of anilines is 1. The number of aromatic amines is 1. The molecule has 7 nitrogen and oxygen atoms in total. The van der Waals surface area contributed by atoms with Crippen LogP contribution in [-0.2, 0) is 0 Å². The van der Waals surface area contributed by atoms with Crippen LogP contribution in [-0.4, -0.2) is 51.4 Å². The van der Waals surface area contributed by atoms with Gasteiger partial charge in [0.1, 0.15) is 5.82 Å². The van der Waals surface area contributed by atoms with E-state index >= 15 is 0 Å². The maximum atomic E-state index is 12.3. The van der Waals surface area contributed by atoms with Crippen LogP contribution in [0.4, 0.5) is 5.82 Å². The summed E-state index contributed by atoms with van der Waals surface area (Å²) in [4.78, 5) is 26.4. The number of benzene rings is 1. The Morgan fingerprint density at radius 2 is 1.96 bits per heavy atom. The Morgan fingerprint density at radius 1 is 1.12 bits per heavy atom. The molecule has 0 unspecified atom stereocenters. The van der Waals surface area contributed by atoms with Gasteiger partial charge in [-0.05, 0) is 38.4 Å². The Kier molecular flexibility index (Phi) is 3.42. The molecule has 3 heterocycles. The van der Waals surface area contributed by atoms with Crippen molar-refractivity contribution in [3.63, 3.8) is 0 Å². The Bertz CT molecular complexity index is 1090. The van der Waals surface area contributed by atoms with Gasteiger partial charge in [-0.3, -0.25) is 9.20 Å². The Labute approximate surface area is 138 Å². The third-order valence-corrected chi connectivity index (χ3v) is 3.96. The molecule has 0 aliphatic rings. The van der Waals surface area contributed by atoms with Crippen molar-refractivity contribution < 1.29 is 0 Å². The lowest BCUT2D eigenvalue weighted by Crippen LogP contribution is -2.21. The van der Waals surface area contributed by atoms with Crippen molar-refractivity contribution in [2.24, 2.45) is 0 Å². The number of pyridine rings is 1. The van der Waals surface area contributed by atoms with E-state index in [1.165, 1.54) is 0 Å². The van der Waals surface area contributed by atoms with Crippen LogP contribution < -0.4 is 10.9 Å². The van der Waals surface area contributed by atoms with Gasteiger partial charge in [-0.15, -0.1) is 0 Å². The van der Waals surface area contributed by atoms with Crippen molar-refractivity contribution in [1.82, 2.24) is 24.3 Å². The highest BCUT2D eigenvalue weighted by Gasteiger charge is 2.12. The smallest absolute Gasteiger partial charge is 0.292 e. The first-order chi connectivity index (χ1) is 11.6. The van der Waals surface area contributed by atoms with E-state index in [1.54, 1.807) is 0 Å². The van der Waals surface area contributed by atoms with Gasteiger partial charge in [0.05, 0.1) is 16.6 Å². The lowest BCUT2D eigenvalue weighted by molar-refractivity contribution is 0.425. The maximum Gasteiger partial charge on any atom is 0.292 e. The fraction of sp³-hybridized carbons (Fsp3) is 0.235. The second-order valence-electron chi connectivity index (χ2n) is 6.01. The normalized spacial score (nSPS) is 11.8. The predicted molar refractivity (Wildman–Crippen MR) is 95.7 cm³/mol. The van der Waals surface area contributed by atoms with E-state index < -0.39 is 0 Å². The number of aromatic nitrogens is 4. The van der Waals surface area contributed by atoms with Gasteiger partial charge in [-0.2, -0.15) is 0 Å². The summed E-state index contributed by atoms with van der Waals surface area (Å²) in [5.41, 5.74) is 3.18. The number of nitrogens with zero attached hydrogens (tertiary/aromatic N) is 4. The number of hydrogen-bond donors (Lipinski definition) is 2. The highest BCUT2D eigenvalue weighted by Crippen LogP contribution is 2.19. The zero-order chi connectivity index (χ0) is 16.7. The van der Waals surface area contributed by atoms with Gasteiger partial charge in [0, 0.05) is 13.1 Å². The van der Waals surface area contributed by atoms with Crippen LogP contribution in [0.25, 0.3) is 27.8 Å². The summed E-state index contributed by atoms with van der Waals surface area (Å²) < 4.78 is 1.82. The maximum absolute atomic E-state index is 12.3. The average molecular weight is 322 g/mol. The molecule has 0 bridgehead atoms. The average Bonchev–Trinajstić information content (AvgIpc) is 2.96. The molecule has 0 spiro atoms. The van der Waals surface area contributed by atoms with Crippen LogP contribution in [0.5, 0.6) is 0 Å². The van der Waals surface area contributed by atoms with Crippen LogP contribution in [0.3, 0.4) is 0 Å².